The van der Waals surface area contributed by atoms with Crippen molar-refractivity contribution in [1.29, 1.82) is 0 Å². The highest BCUT2D eigenvalue weighted by atomic mass is 16.4. The van der Waals surface area contributed by atoms with E-state index in [1.165, 1.54) is 0 Å². The Morgan fingerprint density at radius 1 is 1.36 bits per heavy atom. The first-order valence-electron chi connectivity index (χ1n) is 6.53. The van der Waals surface area contributed by atoms with Crippen LogP contribution in [0.1, 0.15) is 17.7 Å². The number of carboxylic acid groups (broad SMARTS) is 2. The van der Waals surface area contributed by atoms with E-state index in [0.29, 0.717) is 11.3 Å². The molecule has 1 atom stereocenters. The number of carbonyl (C=O) groups excluding carboxylic acids is 1. The van der Waals surface area contributed by atoms with E-state index in [1.807, 2.05) is 25.3 Å². The van der Waals surface area contributed by atoms with E-state index >= 15 is 0 Å². The SMILES string of the molecule is Cc1ccn2cc(CC(=O)NC(CC(=O)O)C(=O)O)nc2c1. The van der Waals surface area contributed by atoms with Gasteiger partial charge in [-0.15, -0.1) is 0 Å². The maximum atomic E-state index is 11.8. The summed E-state index contributed by atoms with van der Waals surface area (Å²) in [6.07, 6.45) is 2.68. The number of pyridine rings is 1. The summed E-state index contributed by atoms with van der Waals surface area (Å²) >= 11 is 0. The number of aromatic nitrogens is 2. The summed E-state index contributed by atoms with van der Waals surface area (Å²) in [6, 6.07) is 2.29. The van der Waals surface area contributed by atoms with Gasteiger partial charge in [0.1, 0.15) is 11.7 Å². The van der Waals surface area contributed by atoms with Crippen LogP contribution in [0.4, 0.5) is 0 Å². The van der Waals surface area contributed by atoms with E-state index in [1.54, 1.807) is 10.6 Å². The number of rotatable bonds is 6. The van der Waals surface area contributed by atoms with Crippen LogP contribution < -0.4 is 5.32 Å². The van der Waals surface area contributed by atoms with Crippen LogP contribution in [-0.2, 0) is 20.8 Å². The largest absolute Gasteiger partial charge is 0.481 e. The molecule has 2 heterocycles. The van der Waals surface area contributed by atoms with Gasteiger partial charge in [-0.05, 0) is 24.6 Å². The zero-order valence-corrected chi connectivity index (χ0v) is 11.8. The van der Waals surface area contributed by atoms with Crippen LogP contribution in [0.15, 0.2) is 24.5 Å². The van der Waals surface area contributed by atoms with Crippen LogP contribution in [0, 0.1) is 6.92 Å². The van der Waals surface area contributed by atoms with Crippen molar-refractivity contribution in [2.45, 2.75) is 25.8 Å². The third-order valence-corrected chi connectivity index (χ3v) is 3.02. The van der Waals surface area contributed by atoms with E-state index in [9.17, 15) is 14.4 Å². The minimum Gasteiger partial charge on any atom is -0.481 e. The first-order valence-corrected chi connectivity index (χ1v) is 6.53. The molecule has 3 N–H and O–H groups in total. The van der Waals surface area contributed by atoms with E-state index < -0.39 is 30.3 Å². The number of nitrogens with one attached hydrogen (secondary N) is 1. The van der Waals surface area contributed by atoms with Crippen molar-refractivity contribution in [3.63, 3.8) is 0 Å². The lowest BCUT2D eigenvalue weighted by Gasteiger charge is -2.11. The maximum Gasteiger partial charge on any atom is 0.326 e. The number of carbonyl (C=O) groups is 3. The van der Waals surface area contributed by atoms with Crippen LogP contribution in [0.2, 0.25) is 0 Å². The summed E-state index contributed by atoms with van der Waals surface area (Å²) < 4.78 is 1.75. The number of fused-ring (bicyclic) bond motifs is 1. The van der Waals surface area contributed by atoms with Gasteiger partial charge in [0.25, 0.3) is 0 Å². The molecule has 0 saturated carbocycles. The van der Waals surface area contributed by atoms with Gasteiger partial charge in [-0.3, -0.25) is 9.59 Å². The van der Waals surface area contributed by atoms with Crippen molar-refractivity contribution < 1.29 is 24.6 Å². The molecule has 0 saturated heterocycles. The molecule has 0 aromatic carbocycles. The lowest BCUT2D eigenvalue weighted by molar-refractivity contribution is -0.147. The molecule has 0 spiro atoms. The molecular weight excluding hydrogens is 290 g/mol. The number of hydrogen-bond acceptors (Lipinski definition) is 4. The normalized spacial score (nSPS) is 12.0. The quantitative estimate of drug-likeness (QED) is 0.702. The first-order chi connectivity index (χ1) is 10.3. The van der Waals surface area contributed by atoms with E-state index in [2.05, 4.69) is 10.3 Å². The Balaban J connectivity index is 2.06. The molecule has 0 bridgehead atoms. The summed E-state index contributed by atoms with van der Waals surface area (Å²) in [5.41, 5.74) is 2.19. The Morgan fingerprint density at radius 2 is 2.09 bits per heavy atom. The fourth-order valence-corrected chi connectivity index (χ4v) is 2.01. The van der Waals surface area contributed by atoms with E-state index in [-0.39, 0.29) is 6.42 Å². The molecule has 0 aliphatic heterocycles. The second kappa shape index (κ2) is 6.25. The molecule has 8 heteroatoms. The van der Waals surface area contributed by atoms with Crippen LogP contribution in [0.25, 0.3) is 5.65 Å². The topological polar surface area (TPSA) is 121 Å². The fourth-order valence-electron chi connectivity index (χ4n) is 2.01. The predicted molar refractivity (Wildman–Crippen MR) is 75.5 cm³/mol. The second-order valence-corrected chi connectivity index (χ2v) is 4.93. The van der Waals surface area contributed by atoms with E-state index in [4.69, 9.17) is 10.2 Å². The summed E-state index contributed by atoms with van der Waals surface area (Å²) in [5.74, 6) is -3.27. The molecule has 2 aromatic heterocycles. The molecule has 116 valence electrons. The number of carboxylic acids is 2. The Labute approximate surface area is 125 Å². The number of amides is 1. The lowest BCUT2D eigenvalue weighted by Crippen LogP contribution is -2.42. The Morgan fingerprint density at radius 3 is 2.73 bits per heavy atom. The zero-order valence-electron chi connectivity index (χ0n) is 11.8. The van der Waals surface area contributed by atoms with Crippen LogP contribution in [0.5, 0.6) is 0 Å². The summed E-state index contributed by atoms with van der Waals surface area (Å²) in [4.78, 5) is 37.6. The van der Waals surface area contributed by atoms with Gasteiger partial charge in [0.2, 0.25) is 5.91 Å². The minimum atomic E-state index is -1.45. The standard InChI is InChI=1S/C14H15N3O5/c1-8-2-3-17-7-9(15-11(17)4-8)5-12(18)16-10(14(21)22)6-13(19)20/h2-4,7,10H,5-6H2,1H3,(H,16,18)(H,19,20)(H,21,22). The minimum absolute atomic E-state index is 0.121. The van der Waals surface area contributed by atoms with Gasteiger partial charge in [-0.2, -0.15) is 0 Å². The monoisotopic (exact) mass is 305 g/mol. The van der Waals surface area contributed by atoms with Gasteiger partial charge in [0, 0.05) is 12.4 Å². The maximum absolute atomic E-state index is 11.8. The van der Waals surface area contributed by atoms with Crippen molar-refractivity contribution in [1.82, 2.24) is 14.7 Å². The average Bonchev–Trinajstić information content (AvgIpc) is 2.78. The lowest BCUT2D eigenvalue weighted by atomic mass is 10.2. The van der Waals surface area contributed by atoms with E-state index in [0.717, 1.165) is 5.56 Å². The molecular formula is C14H15N3O5. The second-order valence-electron chi connectivity index (χ2n) is 4.93. The molecule has 0 radical (unpaired) electrons. The highest BCUT2D eigenvalue weighted by molar-refractivity contribution is 5.87. The number of aryl methyl sites for hydroxylation is 1. The number of hydrogen-bond donors (Lipinski definition) is 3. The molecule has 8 nitrogen and oxygen atoms in total. The van der Waals surface area contributed by atoms with Crippen molar-refractivity contribution in [2.75, 3.05) is 0 Å². The van der Waals surface area contributed by atoms with Crippen LogP contribution in [-0.4, -0.2) is 43.5 Å². The van der Waals surface area contributed by atoms with Gasteiger partial charge in [0.05, 0.1) is 18.5 Å². The molecule has 0 aliphatic rings. The summed E-state index contributed by atoms with van der Waals surface area (Å²) in [7, 11) is 0. The first kappa shape index (κ1) is 15.5. The molecule has 1 amide bonds. The smallest absolute Gasteiger partial charge is 0.326 e. The number of aliphatic carboxylic acids is 2. The Hall–Kier alpha value is -2.90. The third-order valence-electron chi connectivity index (χ3n) is 3.02. The Bertz CT molecular complexity index is 737. The summed E-state index contributed by atoms with van der Waals surface area (Å²) in [6.45, 7) is 1.92. The molecule has 0 fully saturated rings. The molecule has 2 aromatic rings. The average molecular weight is 305 g/mol. The fraction of sp³-hybridized carbons (Fsp3) is 0.286. The molecule has 0 aliphatic carbocycles. The molecule has 2 rings (SSSR count). The van der Waals surface area contributed by atoms with Crippen LogP contribution >= 0.6 is 0 Å². The highest BCUT2D eigenvalue weighted by Gasteiger charge is 2.23. The van der Waals surface area contributed by atoms with Gasteiger partial charge in [0.15, 0.2) is 0 Å². The van der Waals surface area contributed by atoms with Crippen LogP contribution in [0.3, 0.4) is 0 Å². The van der Waals surface area contributed by atoms with Crippen molar-refractivity contribution in [2.24, 2.45) is 0 Å². The van der Waals surface area contributed by atoms with Crippen molar-refractivity contribution in [3.05, 3.63) is 35.8 Å². The van der Waals surface area contributed by atoms with Gasteiger partial charge < -0.3 is 19.9 Å². The summed E-state index contributed by atoms with van der Waals surface area (Å²) in [5, 5.41) is 19.7. The van der Waals surface area contributed by atoms with Gasteiger partial charge in [-0.1, -0.05) is 0 Å². The number of nitrogens with zero attached hydrogens (tertiary/aromatic N) is 2. The Kier molecular flexibility index (Phi) is 4.40. The third kappa shape index (κ3) is 3.81. The molecule has 1 unspecified atom stereocenters. The zero-order chi connectivity index (χ0) is 16.3. The van der Waals surface area contributed by atoms with Crippen molar-refractivity contribution in [3.8, 4) is 0 Å². The number of imidazole rings is 1. The van der Waals surface area contributed by atoms with Gasteiger partial charge in [-0.25, -0.2) is 9.78 Å². The van der Waals surface area contributed by atoms with Crippen molar-refractivity contribution >= 4 is 23.5 Å². The highest BCUT2D eigenvalue weighted by Crippen LogP contribution is 2.08. The van der Waals surface area contributed by atoms with Gasteiger partial charge >= 0.3 is 11.9 Å². The predicted octanol–water partition coefficient (Wildman–Crippen LogP) is 0.229. The molecule has 22 heavy (non-hydrogen) atoms.